The number of aliphatic hydroxyl groups excluding tert-OH is 1. The molecule has 0 atom stereocenters. The second kappa shape index (κ2) is 6.25. The quantitative estimate of drug-likeness (QED) is 0.882. The Morgan fingerprint density at radius 1 is 1.58 bits per heavy atom. The number of likely N-dealkylation sites (tertiary alicyclic amines) is 1. The van der Waals surface area contributed by atoms with Gasteiger partial charge in [-0.2, -0.15) is 0 Å². The number of halogens is 1. The van der Waals surface area contributed by atoms with Crippen LogP contribution in [0.1, 0.15) is 5.56 Å². The number of carbonyl (C=O) groups excluding carboxylic acids is 1. The van der Waals surface area contributed by atoms with Gasteiger partial charge in [0.05, 0.1) is 7.11 Å². The van der Waals surface area contributed by atoms with Crippen LogP contribution in [0.3, 0.4) is 0 Å². The summed E-state index contributed by atoms with van der Waals surface area (Å²) in [5, 5.41) is 11.8. The molecule has 19 heavy (non-hydrogen) atoms. The van der Waals surface area contributed by atoms with Gasteiger partial charge in [-0.3, -0.25) is 0 Å². The molecular formula is C13H17BrN2O3. The number of carbonyl (C=O) groups is 1. The molecule has 5 nitrogen and oxygen atoms in total. The van der Waals surface area contributed by atoms with Crippen LogP contribution in [0.25, 0.3) is 0 Å². The highest BCUT2D eigenvalue weighted by molar-refractivity contribution is 9.10. The zero-order valence-electron chi connectivity index (χ0n) is 10.7. The number of urea groups is 1. The largest absolute Gasteiger partial charge is 0.496 e. The Balaban J connectivity index is 1.87. The van der Waals surface area contributed by atoms with Crippen molar-refractivity contribution < 1.29 is 14.6 Å². The predicted octanol–water partition coefficient (Wildman–Crippen LogP) is 1.59. The van der Waals surface area contributed by atoms with E-state index in [1.807, 2.05) is 18.2 Å². The van der Waals surface area contributed by atoms with Crippen molar-refractivity contribution in [3.8, 4) is 5.75 Å². The number of amides is 2. The zero-order chi connectivity index (χ0) is 13.8. The maximum atomic E-state index is 11.8. The number of nitrogens with one attached hydrogen (secondary N) is 1. The zero-order valence-corrected chi connectivity index (χ0v) is 12.3. The Bertz CT molecular complexity index is 461. The first-order valence-electron chi connectivity index (χ1n) is 6.10. The lowest BCUT2D eigenvalue weighted by Crippen LogP contribution is -2.54. The van der Waals surface area contributed by atoms with E-state index < -0.39 is 0 Å². The highest BCUT2D eigenvalue weighted by atomic mass is 79.9. The van der Waals surface area contributed by atoms with E-state index in [2.05, 4.69) is 21.2 Å². The summed E-state index contributed by atoms with van der Waals surface area (Å²) in [4.78, 5) is 13.5. The molecule has 1 saturated heterocycles. The Labute approximate surface area is 120 Å². The van der Waals surface area contributed by atoms with Crippen LogP contribution in [0.4, 0.5) is 4.79 Å². The number of hydrogen-bond acceptors (Lipinski definition) is 3. The monoisotopic (exact) mass is 328 g/mol. The number of rotatable bonds is 4. The van der Waals surface area contributed by atoms with Gasteiger partial charge in [-0.1, -0.05) is 22.0 Å². The third kappa shape index (κ3) is 3.39. The van der Waals surface area contributed by atoms with E-state index in [0.717, 1.165) is 15.8 Å². The van der Waals surface area contributed by atoms with E-state index in [1.54, 1.807) is 12.0 Å². The molecule has 1 heterocycles. The molecule has 2 N–H and O–H groups in total. The number of nitrogens with zero attached hydrogens (tertiary/aromatic N) is 1. The molecule has 6 heteroatoms. The van der Waals surface area contributed by atoms with Crippen LogP contribution in [0.5, 0.6) is 5.75 Å². The van der Waals surface area contributed by atoms with Gasteiger partial charge in [-0.05, 0) is 12.1 Å². The maximum Gasteiger partial charge on any atom is 0.317 e. The van der Waals surface area contributed by atoms with Crippen LogP contribution >= 0.6 is 15.9 Å². The van der Waals surface area contributed by atoms with Crippen molar-refractivity contribution in [2.45, 2.75) is 6.54 Å². The van der Waals surface area contributed by atoms with E-state index >= 15 is 0 Å². The van der Waals surface area contributed by atoms with Gasteiger partial charge in [0.2, 0.25) is 0 Å². The Morgan fingerprint density at radius 3 is 2.95 bits per heavy atom. The summed E-state index contributed by atoms with van der Waals surface area (Å²) in [6.45, 7) is 1.82. The molecule has 0 aliphatic carbocycles. The predicted molar refractivity (Wildman–Crippen MR) is 75.1 cm³/mol. The maximum absolute atomic E-state index is 11.8. The Hall–Kier alpha value is -1.27. The standard InChI is InChI=1S/C13H17BrN2O3/c1-19-12-4-11(14)3-2-10(12)5-15-13(18)16-6-9(7-16)8-17/h2-4,9,17H,5-8H2,1H3,(H,15,18). The van der Waals surface area contributed by atoms with Gasteiger partial charge in [0.25, 0.3) is 0 Å². The van der Waals surface area contributed by atoms with Crippen molar-refractivity contribution in [3.05, 3.63) is 28.2 Å². The number of ether oxygens (including phenoxy) is 1. The van der Waals surface area contributed by atoms with Crippen molar-refractivity contribution in [1.29, 1.82) is 0 Å². The molecule has 1 aliphatic rings. The number of methoxy groups -OCH3 is 1. The number of hydrogen-bond donors (Lipinski definition) is 2. The molecule has 0 aromatic heterocycles. The third-order valence-corrected chi connectivity index (χ3v) is 3.68. The molecule has 2 rings (SSSR count). The fourth-order valence-corrected chi connectivity index (χ4v) is 2.34. The second-order valence-corrected chi connectivity index (χ2v) is 5.48. The smallest absolute Gasteiger partial charge is 0.317 e. The summed E-state index contributed by atoms with van der Waals surface area (Å²) >= 11 is 3.38. The minimum atomic E-state index is -0.102. The average Bonchev–Trinajstić information content (AvgIpc) is 2.35. The van der Waals surface area contributed by atoms with Crippen LogP contribution in [-0.2, 0) is 6.54 Å². The summed E-state index contributed by atoms with van der Waals surface area (Å²) in [6.07, 6.45) is 0. The highest BCUT2D eigenvalue weighted by Gasteiger charge is 2.29. The van der Waals surface area contributed by atoms with E-state index in [-0.39, 0.29) is 18.6 Å². The molecule has 1 aromatic carbocycles. The molecule has 1 aromatic rings. The lowest BCUT2D eigenvalue weighted by molar-refractivity contribution is 0.0774. The third-order valence-electron chi connectivity index (χ3n) is 3.18. The average molecular weight is 329 g/mol. The molecular weight excluding hydrogens is 312 g/mol. The molecule has 2 amide bonds. The molecule has 0 spiro atoms. The molecule has 1 aliphatic heterocycles. The second-order valence-electron chi connectivity index (χ2n) is 4.57. The first kappa shape index (κ1) is 14.1. The topological polar surface area (TPSA) is 61.8 Å². The molecule has 0 radical (unpaired) electrons. The summed E-state index contributed by atoms with van der Waals surface area (Å²) in [7, 11) is 1.61. The first-order chi connectivity index (χ1) is 9.13. The Morgan fingerprint density at radius 2 is 2.32 bits per heavy atom. The van der Waals surface area contributed by atoms with E-state index in [9.17, 15) is 4.79 Å². The fourth-order valence-electron chi connectivity index (χ4n) is 2.00. The van der Waals surface area contributed by atoms with Crippen LogP contribution in [0.15, 0.2) is 22.7 Å². The highest BCUT2D eigenvalue weighted by Crippen LogP contribution is 2.23. The summed E-state index contributed by atoms with van der Waals surface area (Å²) in [5.74, 6) is 0.972. The molecule has 0 saturated carbocycles. The van der Waals surface area contributed by atoms with Gasteiger partial charge >= 0.3 is 6.03 Å². The van der Waals surface area contributed by atoms with Crippen molar-refractivity contribution in [3.63, 3.8) is 0 Å². The van der Waals surface area contributed by atoms with Gasteiger partial charge in [-0.25, -0.2) is 4.79 Å². The van der Waals surface area contributed by atoms with Crippen molar-refractivity contribution >= 4 is 22.0 Å². The van der Waals surface area contributed by atoms with Gasteiger partial charge in [-0.15, -0.1) is 0 Å². The molecule has 104 valence electrons. The number of benzene rings is 1. The normalized spacial score (nSPS) is 15.0. The van der Waals surface area contributed by atoms with Gasteiger partial charge in [0, 0.05) is 42.2 Å². The van der Waals surface area contributed by atoms with Crippen LogP contribution in [0, 0.1) is 5.92 Å². The van der Waals surface area contributed by atoms with E-state index in [1.165, 1.54) is 0 Å². The lowest BCUT2D eigenvalue weighted by atomic mass is 10.0. The van der Waals surface area contributed by atoms with Gasteiger partial charge in [0.1, 0.15) is 5.75 Å². The SMILES string of the molecule is COc1cc(Br)ccc1CNC(=O)N1CC(CO)C1. The Kier molecular flexibility index (Phi) is 4.66. The first-order valence-corrected chi connectivity index (χ1v) is 6.89. The van der Waals surface area contributed by atoms with Crippen molar-refractivity contribution in [1.82, 2.24) is 10.2 Å². The van der Waals surface area contributed by atoms with Crippen LogP contribution in [-0.4, -0.2) is 42.8 Å². The van der Waals surface area contributed by atoms with Crippen molar-refractivity contribution in [2.75, 3.05) is 26.8 Å². The molecule has 0 bridgehead atoms. The minimum Gasteiger partial charge on any atom is -0.496 e. The molecule has 0 unspecified atom stereocenters. The lowest BCUT2D eigenvalue weighted by Gasteiger charge is -2.38. The summed E-state index contributed by atoms with van der Waals surface area (Å²) in [5.41, 5.74) is 0.929. The molecule has 1 fully saturated rings. The van der Waals surface area contributed by atoms with Gasteiger partial charge < -0.3 is 20.1 Å². The fraction of sp³-hybridized carbons (Fsp3) is 0.462. The van der Waals surface area contributed by atoms with Crippen molar-refractivity contribution in [2.24, 2.45) is 5.92 Å². The van der Waals surface area contributed by atoms with Crippen LogP contribution in [0.2, 0.25) is 0 Å². The summed E-state index contributed by atoms with van der Waals surface area (Å²) in [6, 6.07) is 5.59. The van der Waals surface area contributed by atoms with Crippen LogP contribution < -0.4 is 10.1 Å². The summed E-state index contributed by atoms with van der Waals surface area (Å²) < 4.78 is 6.20. The van der Waals surface area contributed by atoms with E-state index in [0.29, 0.717) is 19.6 Å². The van der Waals surface area contributed by atoms with E-state index in [4.69, 9.17) is 9.84 Å². The minimum absolute atomic E-state index is 0.102. The van der Waals surface area contributed by atoms with Gasteiger partial charge in [0.15, 0.2) is 0 Å². The number of aliphatic hydroxyl groups is 1.